The minimum absolute atomic E-state index is 0.00633. The standard InChI is InChI=1S/C20H25N3O/c1-15-19(13-14-20(24)21-17-9-5-3-6-10-17)16(2)23(22-15)18-11-7-4-8-12-18/h4,7-8,11-14,17H,3,5-6,9-10H2,1-2H3,(H,21,24)/b14-13+. The van der Waals surface area contributed by atoms with Gasteiger partial charge in [0.2, 0.25) is 5.91 Å². The summed E-state index contributed by atoms with van der Waals surface area (Å²) >= 11 is 0. The van der Waals surface area contributed by atoms with Gasteiger partial charge in [0.15, 0.2) is 0 Å². The Labute approximate surface area is 143 Å². The number of nitrogens with one attached hydrogen (secondary N) is 1. The lowest BCUT2D eigenvalue weighted by Crippen LogP contribution is -2.34. The molecule has 4 nitrogen and oxygen atoms in total. The van der Waals surface area contributed by atoms with Crippen LogP contribution in [0.25, 0.3) is 11.8 Å². The van der Waals surface area contributed by atoms with Crippen molar-refractivity contribution in [3.05, 3.63) is 53.4 Å². The number of hydrogen-bond acceptors (Lipinski definition) is 2. The highest BCUT2D eigenvalue weighted by Crippen LogP contribution is 2.20. The van der Waals surface area contributed by atoms with Crippen LogP contribution in [0.2, 0.25) is 0 Å². The zero-order valence-corrected chi connectivity index (χ0v) is 14.5. The molecule has 0 saturated heterocycles. The second-order valence-corrected chi connectivity index (χ2v) is 6.51. The molecule has 1 amide bonds. The van der Waals surface area contributed by atoms with E-state index in [-0.39, 0.29) is 5.91 Å². The third-order valence-electron chi connectivity index (χ3n) is 4.70. The van der Waals surface area contributed by atoms with Crippen LogP contribution in [0.3, 0.4) is 0 Å². The van der Waals surface area contributed by atoms with Gasteiger partial charge in [0.05, 0.1) is 11.4 Å². The molecule has 24 heavy (non-hydrogen) atoms. The first-order chi connectivity index (χ1) is 11.6. The molecule has 4 heteroatoms. The molecule has 1 aliphatic carbocycles. The zero-order chi connectivity index (χ0) is 16.9. The summed E-state index contributed by atoms with van der Waals surface area (Å²) in [7, 11) is 0. The van der Waals surface area contributed by atoms with Gasteiger partial charge in [-0.15, -0.1) is 0 Å². The lowest BCUT2D eigenvalue weighted by atomic mass is 9.95. The molecule has 0 atom stereocenters. The molecular formula is C20H25N3O. The molecule has 1 heterocycles. The highest BCUT2D eigenvalue weighted by molar-refractivity contribution is 5.92. The summed E-state index contributed by atoms with van der Waals surface area (Å²) in [6.07, 6.45) is 9.45. The highest BCUT2D eigenvalue weighted by Gasteiger charge is 2.15. The van der Waals surface area contributed by atoms with Crippen molar-refractivity contribution in [2.24, 2.45) is 0 Å². The number of amides is 1. The number of carbonyl (C=O) groups excluding carboxylic acids is 1. The summed E-state index contributed by atoms with van der Waals surface area (Å²) in [6.45, 7) is 4.01. The quantitative estimate of drug-likeness (QED) is 0.866. The van der Waals surface area contributed by atoms with Gasteiger partial charge in [0.1, 0.15) is 0 Å². The predicted octanol–water partition coefficient (Wildman–Crippen LogP) is 3.95. The van der Waals surface area contributed by atoms with Crippen molar-refractivity contribution in [1.82, 2.24) is 15.1 Å². The zero-order valence-electron chi connectivity index (χ0n) is 14.5. The molecule has 1 fully saturated rings. The Kier molecular flexibility index (Phi) is 5.14. The van der Waals surface area contributed by atoms with E-state index < -0.39 is 0 Å². The molecular weight excluding hydrogens is 298 g/mol. The summed E-state index contributed by atoms with van der Waals surface area (Å²) in [5.41, 5.74) is 4.01. The average molecular weight is 323 g/mol. The molecule has 3 rings (SSSR count). The molecule has 1 N–H and O–H groups in total. The van der Waals surface area contributed by atoms with E-state index in [9.17, 15) is 4.79 Å². The Morgan fingerprint density at radius 1 is 1.17 bits per heavy atom. The largest absolute Gasteiger partial charge is 0.350 e. The minimum Gasteiger partial charge on any atom is -0.350 e. The van der Waals surface area contributed by atoms with E-state index in [2.05, 4.69) is 10.4 Å². The van der Waals surface area contributed by atoms with Crippen LogP contribution in [-0.4, -0.2) is 21.7 Å². The van der Waals surface area contributed by atoms with Crippen molar-refractivity contribution in [1.29, 1.82) is 0 Å². The maximum atomic E-state index is 12.2. The van der Waals surface area contributed by atoms with Gasteiger partial charge in [-0.1, -0.05) is 37.5 Å². The second-order valence-electron chi connectivity index (χ2n) is 6.51. The maximum Gasteiger partial charge on any atom is 0.244 e. The fourth-order valence-corrected chi connectivity index (χ4v) is 3.37. The Bertz CT molecular complexity index is 725. The first kappa shape index (κ1) is 16.5. The number of para-hydroxylation sites is 1. The van der Waals surface area contributed by atoms with E-state index in [0.717, 1.165) is 35.5 Å². The summed E-state index contributed by atoms with van der Waals surface area (Å²) in [6, 6.07) is 10.4. The minimum atomic E-state index is -0.00633. The van der Waals surface area contributed by atoms with Crippen LogP contribution >= 0.6 is 0 Å². The van der Waals surface area contributed by atoms with E-state index in [4.69, 9.17) is 0 Å². The normalized spacial score (nSPS) is 15.8. The first-order valence-corrected chi connectivity index (χ1v) is 8.75. The van der Waals surface area contributed by atoms with Crippen molar-refractivity contribution in [3.63, 3.8) is 0 Å². The van der Waals surface area contributed by atoms with Crippen molar-refractivity contribution >= 4 is 12.0 Å². The molecule has 0 radical (unpaired) electrons. The van der Waals surface area contributed by atoms with E-state index in [1.54, 1.807) is 6.08 Å². The molecule has 0 bridgehead atoms. The van der Waals surface area contributed by atoms with E-state index >= 15 is 0 Å². The first-order valence-electron chi connectivity index (χ1n) is 8.75. The van der Waals surface area contributed by atoms with Crippen LogP contribution in [0, 0.1) is 13.8 Å². The average Bonchev–Trinajstić information content (AvgIpc) is 2.89. The topological polar surface area (TPSA) is 46.9 Å². The van der Waals surface area contributed by atoms with Crippen LogP contribution in [0.4, 0.5) is 0 Å². The van der Waals surface area contributed by atoms with Gasteiger partial charge < -0.3 is 5.32 Å². The number of hydrogen-bond donors (Lipinski definition) is 1. The van der Waals surface area contributed by atoms with E-state index in [0.29, 0.717) is 6.04 Å². The van der Waals surface area contributed by atoms with Gasteiger partial charge in [-0.05, 0) is 44.9 Å². The van der Waals surface area contributed by atoms with Crippen LogP contribution < -0.4 is 5.32 Å². The van der Waals surface area contributed by atoms with Crippen LogP contribution in [0.5, 0.6) is 0 Å². The van der Waals surface area contributed by atoms with E-state index in [1.807, 2.05) is 54.9 Å². The molecule has 2 aromatic rings. The number of benzene rings is 1. The molecule has 1 aromatic heterocycles. The van der Waals surface area contributed by atoms with Crippen LogP contribution in [-0.2, 0) is 4.79 Å². The monoisotopic (exact) mass is 323 g/mol. The lowest BCUT2D eigenvalue weighted by Gasteiger charge is -2.21. The number of aromatic nitrogens is 2. The Hall–Kier alpha value is -2.36. The van der Waals surface area contributed by atoms with Gasteiger partial charge in [-0.2, -0.15) is 5.10 Å². The van der Waals surface area contributed by atoms with Gasteiger partial charge in [0.25, 0.3) is 0 Å². The predicted molar refractivity (Wildman–Crippen MR) is 97.1 cm³/mol. The third-order valence-corrected chi connectivity index (χ3v) is 4.70. The van der Waals surface area contributed by atoms with Gasteiger partial charge >= 0.3 is 0 Å². The van der Waals surface area contributed by atoms with Gasteiger partial charge in [0, 0.05) is 23.4 Å². The third kappa shape index (κ3) is 3.75. The van der Waals surface area contributed by atoms with Crippen molar-refractivity contribution in [2.45, 2.75) is 52.0 Å². The second kappa shape index (κ2) is 7.47. The summed E-state index contributed by atoms with van der Waals surface area (Å²) < 4.78 is 1.92. The highest BCUT2D eigenvalue weighted by atomic mass is 16.1. The van der Waals surface area contributed by atoms with Crippen molar-refractivity contribution in [2.75, 3.05) is 0 Å². The van der Waals surface area contributed by atoms with Crippen molar-refractivity contribution in [3.8, 4) is 5.69 Å². The van der Waals surface area contributed by atoms with Crippen molar-refractivity contribution < 1.29 is 4.79 Å². The Balaban J connectivity index is 1.73. The fourth-order valence-electron chi connectivity index (χ4n) is 3.37. The van der Waals surface area contributed by atoms with E-state index in [1.165, 1.54) is 19.3 Å². The smallest absolute Gasteiger partial charge is 0.244 e. The Morgan fingerprint density at radius 3 is 2.58 bits per heavy atom. The van der Waals surface area contributed by atoms with Gasteiger partial charge in [-0.25, -0.2) is 4.68 Å². The molecule has 0 spiro atoms. The number of carbonyl (C=O) groups is 1. The number of rotatable bonds is 4. The molecule has 126 valence electrons. The fraction of sp³-hybridized carbons (Fsp3) is 0.400. The molecule has 1 aromatic carbocycles. The summed E-state index contributed by atoms with van der Waals surface area (Å²) in [5.74, 6) is -0.00633. The Morgan fingerprint density at radius 2 is 1.88 bits per heavy atom. The lowest BCUT2D eigenvalue weighted by molar-refractivity contribution is -0.117. The summed E-state index contributed by atoms with van der Waals surface area (Å²) in [5, 5.41) is 7.72. The number of nitrogens with zero attached hydrogens (tertiary/aromatic N) is 2. The van der Waals surface area contributed by atoms with Gasteiger partial charge in [-0.3, -0.25) is 4.79 Å². The summed E-state index contributed by atoms with van der Waals surface area (Å²) in [4.78, 5) is 12.2. The maximum absolute atomic E-state index is 12.2. The molecule has 1 aliphatic rings. The number of aryl methyl sites for hydroxylation is 1. The molecule has 0 unspecified atom stereocenters. The molecule has 1 saturated carbocycles. The molecule has 0 aliphatic heterocycles. The SMILES string of the molecule is Cc1nn(-c2ccccc2)c(C)c1/C=C/C(=O)NC1CCCCC1. The van der Waals surface area contributed by atoms with Crippen LogP contribution in [0.15, 0.2) is 36.4 Å². The van der Waals surface area contributed by atoms with Crippen LogP contribution in [0.1, 0.15) is 49.1 Å².